The van der Waals surface area contributed by atoms with Crippen molar-refractivity contribution in [2.24, 2.45) is 0 Å². The molecule has 158 valence electrons. The average molecular weight is 410 g/mol. The summed E-state index contributed by atoms with van der Waals surface area (Å²) in [5, 5.41) is 12.2. The van der Waals surface area contributed by atoms with E-state index in [2.05, 4.69) is 5.32 Å². The zero-order chi connectivity index (χ0) is 21.5. The van der Waals surface area contributed by atoms with Gasteiger partial charge in [0.15, 0.2) is 0 Å². The zero-order valence-electron chi connectivity index (χ0n) is 16.9. The fraction of sp³-hybridized carbons (Fsp3) is 0.348. The third-order valence-corrected chi connectivity index (χ3v) is 5.09. The van der Waals surface area contributed by atoms with Crippen molar-refractivity contribution in [1.82, 2.24) is 10.2 Å². The van der Waals surface area contributed by atoms with Gasteiger partial charge in [-0.1, -0.05) is 42.5 Å². The van der Waals surface area contributed by atoms with Crippen molar-refractivity contribution < 1.29 is 24.2 Å². The number of amides is 2. The summed E-state index contributed by atoms with van der Waals surface area (Å²) < 4.78 is 5.12. The Hall–Kier alpha value is -3.35. The molecule has 1 heterocycles. The van der Waals surface area contributed by atoms with Crippen molar-refractivity contribution in [2.45, 2.75) is 44.8 Å². The second-order valence-electron chi connectivity index (χ2n) is 7.25. The van der Waals surface area contributed by atoms with Crippen LogP contribution < -0.4 is 5.32 Å². The molecule has 7 heteroatoms. The van der Waals surface area contributed by atoms with Gasteiger partial charge in [0.1, 0.15) is 17.8 Å². The molecule has 0 bridgehead atoms. The minimum Gasteiger partial charge on any atom is -0.508 e. The maximum absolute atomic E-state index is 13.0. The summed E-state index contributed by atoms with van der Waals surface area (Å²) in [7, 11) is 0. The van der Waals surface area contributed by atoms with E-state index in [0.29, 0.717) is 19.4 Å². The van der Waals surface area contributed by atoms with Gasteiger partial charge in [-0.3, -0.25) is 9.59 Å². The third kappa shape index (κ3) is 5.37. The summed E-state index contributed by atoms with van der Waals surface area (Å²) in [6.45, 7) is 2.25. The summed E-state index contributed by atoms with van der Waals surface area (Å²) >= 11 is 0. The number of aromatic hydroxyl groups is 1. The van der Waals surface area contributed by atoms with Gasteiger partial charge in [0.25, 0.3) is 0 Å². The Kier molecular flexibility index (Phi) is 7.06. The van der Waals surface area contributed by atoms with E-state index in [0.717, 1.165) is 11.1 Å². The minimum absolute atomic E-state index is 0.0785. The van der Waals surface area contributed by atoms with Crippen LogP contribution in [0.5, 0.6) is 5.75 Å². The second kappa shape index (κ2) is 9.91. The number of ether oxygens (including phenoxy) is 1. The molecule has 2 amide bonds. The molecule has 0 saturated carbocycles. The lowest BCUT2D eigenvalue weighted by Crippen LogP contribution is -2.51. The third-order valence-electron chi connectivity index (χ3n) is 5.09. The van der Waals surface area contributed by atoms with E-state index >= 15 is 0 Å². The molecule has 2 aromatic carbocycles. The summed E-state index contributed by atoms with van der Waals surface area (Å²) in [6, 6.07) is 14.4. The number of phenols is 1. The van der Waals surface area contributed by atoms with E-state index < -0.39 is 18.1 Å². The lowest BCUT2D eigenvalue weighted by molar-refractivity contribution is -0.148. The zero-order valence-corrected chi connectivity index (χ0v) is 16.9. The molecular weight excluding hydrogens is 384 g/mol. The number of rotatable bonds is 8. The molecule has 30 heavy (non-hydrogen) atoms. The predicted octanol–water partition coefficient (Wildman–Crippen LogP) is 2.17. The quantitative estimate of drug-likeness (QED) is 0.651. The molecule has 1 aliphatic heterocycles. The van der Waals surface area contributed by atoms with Crippen LogP contribution in [0, 0.1) is 0 Å². The number of nitrogens with zero attached hydrogens (tertiary/aromatic N) is 1. The van der Waals surface area contributed by atoms with Crippen LogP contribution in [0.3, 0.4) is 0 Å². The van der Waals surface area contributed by atoms with Crippen LogP contribution in [0.2, 0.25) is 0 Å². The SMILES string of the molecule is CCOC(=O)[C@H](Cc1ccc(O)cc1)NC(=O)[C@@H]1CCC(=O)N1Cc1ccccc1. The topological polar surface area (TPSA) is 95.9 Å². The number of hydrogen-bond donors (Lipinski definition) is 2. The van der Waals surface area contributed by atoms with Crippen molar-refractivity contribution in [3.05, 3.63) is 65.7 Å². The number of esters is 1. The van der Waals surface area contributed by atoms with Crippen molar-refractivity contribution in [1.29, 1.82) is 0 Å². The second-order valence-corrected chi connectivity index (χ2v) is 7.25. The van der Waals surface area contributed by atoms with E-state index in [4.69, 9.17) is 4.74 Å². The Morgan fingerprint density at radius 1 is 1.13 bits per heavy atom. The lowest BCUT2D eigenvalue weighted by Gasteiger charge is -2.26. The van der Waals surface area contributed by atoms with E-state index in [9.17, 15) is 19.5 Å². The Morgan fingerprint density at radius 3 is 2.50 bits per heavy atom. The van der Waals surface area contributed by atoms with Crippen LogP contribution in [-0.2, 0) is 32.1 Å². The molecular formula is C23H26N2O5. The number of phenolic OH excluding ortho intramolecular Hbond substituents is 1. The Bertz CT molecular complexity index is 882. The van der Waals surface area contributed by atoms with E-state index in [1.165, 1.54) is 12.1 Å². The highest BCUT2D eigenvalue weighted by atomic mass is 16.5. The van der Waals surface area contributed by atoms with Crippen LogP contribution in [0.1, 0.15) is 30.9 Å². The number of nitrogens with one attached hydrogen (secondary N) is 1. The van der Waals surface area contributed by atoms with Crippen LogP contribution in [0.25, 0.3) is 0 Å². The van der Waals surface area contributed by atoms with Crippen molar-refractivity contribution in [3.8, 4) is 5.75 Å². The minimum atomic E-state index is -0.878. The molecule has 1 saturated heterocycles. The number of likely N-dealkylation sites (tertiary alicyclic amines) is 1. The van der Waals surface area contributed by atoms with Crippen LogP contribution in [0.15, 0.2) is 54.6 Å². The van der Waals surface area contributed by atoms with Crippen molar-refractivity contribution in [2.75, 3.05) is 6.61 Å². The van der Waals surface area contributed by atoms with E-state index in [1.807, 2.05) is 30.3 Å². The fourth-order valence-electron chi connectivity index (χ4n) is 3.56. The fourth-order valence-corrected chi connectivity index (χ4v) is 3.56. The first-order valence-corrected chi connectivity index (χ1v) is 10.1. The summed E-state index contributed by atoms with van der Waals surface area (Å²) in [6.07, 6.45) is 0.934. The first kappa shape index (κ1) is 21.4. The molecule has 7 nitrogen and oxygen atoms in total. The number of hydrogen-bond acceptors (Lipinski definition) is 5. The summed E-state index contributed by atoms with van der Waals surface area (Å²) in [4.78, 5) is 39.4. The first-order valence-electron chi connectivity index (χ1n) is 10.1. The Labute approximate surface area is 175 Å². The number of benzene rings is 2. The van der Waals surface area contributed by atoms with Crippen LogP contribution in [0.4, 0.5) is 0 Å². The van der Waals surface area contributed by atoms with Gasteiger partial charge in [0, 0.05) is 19.4 Å². The van der Waals surface area contributed by atoms with Gasteiger partial charge in [0.05, 0.1) is 6.61 Å². The van der Waals surface area contributed by atoms with Gasteiger partial charge < -0.3 is 20.1 Å². The molecule has 0 unspecified atom stereocenters. The molecule has 0 aliphatic carbocycles. The highest BCUT2D eigenvalue weighted by Crippen LogP contribution is 2.22. The molecule has 0 spiro atoms. The molecule has 1 aliphatic rings. The molecule has 2 N–H and O–H groups in total. The van der Waals surface area contributed by atoms with Gasteiger partial charge >= 0.3 is 5.97 Å². The molecule has 2 atom stereocenters. The normalized spacial score (nSPS) is 16.9. The molecule has 0 aromatic heterocycles. The van der Waals surface area contributed by atoms with Crippen LogP contribution in [-0.4, -0.2) is 46.5 Å². The number of carbonyl (C=O) groups is 3. The highest BCUT2D eigenvalue weighted by molar-refractivity contribution is 5.93. The van der Waals surface area contributed by atoms with Gasteiger partial charge in [-0.15, -0.1) is 0 Å². The molecule has 3 rings (SSSR count). The highest BCUT2D eigenvalue weighted by Gasteiger charge is 2.37. The molecule has 1 fully saturated rings. The predicted molar refractivity (Wildman–Crippen MR) is 110 cm³/mol. The van der Waals surface area contributed by atoms with Crippen molar-refractivity contribution >= 4 is 17.8 Å². The monoisotopic (exact) mass is 410 g/mol. The van der Waals surface area contributed by atoms with Crippen LogP contribution >= 0.6 is 0 Å². The van der Waals surface area contributed by atoms with Gasteiger partial charge in [-0.2, -0.15) is 0 Å². The maximum Gasteiger partial charge on any atom is 0.328 e. The first-order chi connectivity index (χ1) is 14.5. The van der Waals surface area contributed by atoms with Gasteiger partial charge in [-0.25, -0.2) is 4.79 Å². The van der Waals surface area contributed by atoms with E-state index in [1.54, 1.807) is 24.0 Å². The van der Waals surface area contributed by atoms with Gasteiger partial charge in [0.2, 0.25) is 11.8 Å². The Balaban J connectivity index is 1.72. The lowest BCUT2D eigenvalue weighted by atomic mass is 10.0. The molecule has 0 radical (unpaired) electrons. The summed E-state index contributed by atoms with van der Waals surface area (Å²) in [5.41, 5.74) is 1.71. The standard InChI is InChI=1S/C23H26N2O5/c1-2-30-23(29)19(14-16-8-10-18(26)11-9-16)24-22(28)20-12-13-21(27)25(20)15-17-6-4-3-5-7-17/h3-11,19-20,26H,2,12-15H2,1H3,(H,24,28)/t19-,20-/m0/s1. The summed E-state index contributed by atoms with van der Waals surface area (Å²) in [5.74, 6) is -0.854. The average Bonchev–Trinajstić information content (AvgIpc) is 3.10. The smallest absolute Gasteiger partial charge is 0.328 e. The van der Waals surface area contributed by atoms with E-state index in [-0.39, 0.29) is 30.6 Å². The number of carbonyl (C=O) groups excluding carboxylic acids is 3. The molecule has 2 aromatic rings. The maximum atomic E-state index is 13.0. The van der Waals surface area contributed by atoms with Crippen molar-refractivity contribution in [3.63, 3.8) is 0 Å². The van der Waals surface area contributed by atoms with Gasteiger partial charge in [-0.05, 0) is 36.6 Å². The largest absolute Gasteiger partial charge is 0.508 e. The Morgan fingerprint density at radius 2 is 1.83 bits per heavy atom.